The molecule has 2 heterocycles. The molecular weight excluding hydrogens is 206 g/mol. The Morgan fingerprint density at radius 1 is 1.54 bits per heavy atom. The van der Waals surface area contributed by atoms with Crippen LogP contribution in [0.25, 0.3) is 0 Å². The fourth-order valence-electron chi connectivity index (χ4n) is 0.804. The Kier molecular flexibility index (Phi) is 2.51. The summed E-state index contributed by atoms with van der Waals surface area (Å²) < 4.78 is 5.07. The predicted molar refractivity (Wildman–Crippen MR) is 52.6 cm³/mol. The minimum atomic E-state index is 0.600. The van der Waals surface area contributed by atoms with Gasteiger partial charge in [-0.3, -0.25) is 0 Å². The standard InChI is InChI=1S/C7H7N3OS2/c8-6-10-3-5(13-6)4-12-7-9-1-2-11-7/h1-3H,4H2,(H2,8,10). The molecule has 68 valence electrons. The van der Waals surface area contributed by atoms with Crippen molar-refractivity contribution >= 4 is 28.2 Å². The van der Waals surface area contributed by atoms with E-state index in [0.29, 0.717) is 10.4 Å². The average molecular weight is 213 g/mol. The number of nitrogen functional groups attached to an aromatic ring is 1. The van der Waals surface area contributed by atoms with Gasteiger partial charge in [-0.2, -0.15) is 0 Å². The number of hydrogen-bond acceptors (Lipinski definition) is 6. The average Bonchev–Trinajstić information content (AvgIpc) is 2.71. The topological polar surface area (TPSA) is 64.9 Å². The molecular formula is C7H7N3OS2. The van der Waals surface area contributed by atoms with Crippen LogP contribution in [0, 0.1) is 0 Å². The highest BCUT2D eigenvalue weighted by molar-refractivity contribution is 7.98. The number of rotatable bonds is 3. The van der Waals surface area contributed by atoms with Gasteiger partial charge in [-0.05, 0) is 0 Å². The van der Waals surface area contributed by atoms with Gasteiger partial charge in [0.1, 0.15) is 6.26 Å². The van der Waals surface area contributed by atoms with E-state index in [0.717, 1.165) is 10.6 Å². The molecule has 0 aromatic carbocycles. The molecule has 0 unspecified atom stereocenters. The smallest absolute Gasteiger partial charge is 0.255 e. The van der Waals surface area contributed by atoms with Crippen molar-refractivity contribution in [2.75, 3.05) is 5.73 Å². The number of hydrogen-bond donors (Lipinski definition) is 1. The first kappa shape index (κ1) is 8.58. The molecule has 0 radical (unpaired) electrons. The van der Waals surface area contributed by atoms with Gasteiger partial charge < -0.3 is 10.2 Å². The third-order valence-corrected chi connectivity index (χ3v) is 3.23. The van der Waals surface area contributed by atoms with Crippen molar-refractivity contribution in [2.45, 2.75) is 11.0 Å². The maximum atomic E-state index is 5.49. The summed E-state index contributed by atoms with van der Waals surface area (Å²) in [5.74, 6) is 0.801. The summed E-state index contributed by atoms with van der Waals surface area (Å²) in [5.41, 5.74) is 5.49. The van der Waals surface area contributed by atoms with Gasteiger partial charge in [0, 0.05) is 16.8 Å². The molecule has 4 nitrogen and oxygen atoms in total. The first-order valence-corrected chi connectivity index (χ1v) is 5.37. The van der Waals surface area contributed by atoms with E-state index >= 15 is 0 Å². The number of aromatic nitrogens is 2. The van der Waals surface area contributed by atoms with E-state index in [-0.39, 0.29) is 0 Å². The van der Waals surface area contributed by atoms with E-state index in [9.17, 15) is 0 Å². The molecule has 0 fully saturated rings. The molecule has 13 heavy (non-hydrogen) atoms. The summed E-state index contributed by atoms with van der Waals surface area (Å²) in [6.45, 7) is 0. The fourth-order valence-corrected chi connectivity index (χ4v) is 2.30. The Bertz CT molecular complexity index is 371. The molecule has 0 spiro atoms. The molecule has 2 N–H and O–H groups in total. The second-order valence-corrected chi connectivity index (χ2v) is 4.32. The molecule has 0 aliphatic rings. The van der Waals surface area contributed by atoms with Gasteiger partial charge in [0.25, 0.3) is 5.22 Å². The molecule has 2 rings (SSSR count). The Hall–Kier alpha value is -1.01. The van der Waals surface area contributed by atoms with Crippen LogP contribution in [-0.4, -0.2) is 9.97 Å². The van der Waals surface area contributed by atoms with Gasteiger partial charge in [-0.15, -0.1) is 11.3 Å². The molecule has 2 aromatic heterocycles. The van der Waals surface area contributed by atoms with Crippen LogP contribution in [0.4, 0.5) is 5.13 Å². The number of anilines is 1. The number of oxazole rings is 1. The lowest BCUT2D eigenvalue weighted by molar-refractivity contribution is 0.454. The molecule has 6 heteroatoms. The van der Waals surface area contributed by atoms with Crippen molar-refractivity contribution in [1.82, 2.24) is 9.97 Å². The number of nitrogens with two attached hydrogens (primary N) is 1. The number of thiazole rings is 1. The number of nitrogens with zero attached hydrogens (tertiary/aromatic N) is 2. The van der Waals surface area contributed by atoms with Crippen molar-refractivity contribution < 1.29 is 4.42 Å². The summed E-state index contributed by atoms with van der Waals surface area (Å²) >= 11 is 3.02. The Morgan fingerprint density at radius 3 is 3.08 bits per heavy atom. The maximum absolute atomic E-state index is 5.49. The van der Waals surface area contributed by atoms with E-state index in [1.165, 1.54) is 23.1 Å². The van der Waals surface area contributed by atoms with Gasteiger partial charge in [0.15, 0.2) is 5.13 Å². The third kappa shape index (κ3) is 2.22. The summed E-state index contributed by atoms with van der Waals surface area (Å²) in [4.78, 5) is 9.06. The van der Waals surface area contributed by atoms with Gasteiger partial charge >= 0.3 is 0 Å². The maximum Gasteiger partial charge on any atom is 0.255 e. The summed E-state index contributed by atoms with van der Waals surface area (Å²) in [6, 6.07) is 0. The second kappa shape index (κ2) is 3.80. The highest BCUT2D eigenvalue weighted by Gasteiger charge is 2.02. The molecule has 0 aliphatic heterocycles. The van der Waals surface area contributed by atoms with E-state index in [2.05, 4.69) is 9.97 Å². The first-order valence-electron chi connectivity index (χ1n) is 3.57. The van der Waals surface area contributed by atoms with Crippen LogP contribution in [0.2, 0.25) is 0 Å². The van der Waals surface area contributed by atoms with Crippen molar-refractivity contribution in [3.63, 3.8) is 0 Å². The lowest BCUT2D eigenvalue weighted by Gasteiger charge is -1.90. The molecule has 0 bridgehead atoms. The molecule has 0 atom stereocenters. The van der Waals surface area contributed by atoms with Crippen LogP contribution in [0.3, 0.4) is 0 Å². The quantitative estimate of drug-likeness (QED) is 0.790. The van der Waals surface area contributed by atoms with Gasteiger partial charge in [-0.1, -0.05) is 11.8 Å². The highest BCUT2D eigenvalue weighted by Crippen LogP contribution is 2.24. The van der Waals surface area contributed by atoms with E-state index in [4.69, 9.17) is 10.2 Å². The van der Waals surface area contributed by atoms with Crippen LogP contribution in [0.1, 0.15) is 4.88 Å². The summed E-state index contributed by atoms with van der Waals surface area (Å²) in [5, 5.41) is 1.27. The third-order valence-electron chi connectivity index (χ3n) is 1.32. The largest absolute Gasteiger partial charge is 0.440 e. The van der Waals surface area contributed by atoms with Crippen molar-refractivity contribution in [2.24, 2.45) is 0 Å². The normalized spacial score (nSPS) is 10.5. The van der Waals surface area contributed by atoms with Crippen LogP contribution >= 0.6 is 23.1 Å². The van der Waals surface area contributed by atoms with Crippen molar-refractivity contribution in [3.8, 4) is 0 Å². The van der Waals surface area contributed by atoms with Gasteiger partial charge in [-0.25, -0.2) is 9.97 Å². The molecule has 0 aliphatic carbocycles. The number of thioether (sulfide) groups is 1. The van der Waals surface area contributed by atoms with Gasteiger partial charge in [0.05, 0.1) is 6.20 Å². The monoisotopic (exact) mass is 213 g/mol. The zero-order chi connectivity index (χ0) is 9.10. The lowest BCUT2D eigenvalue weighted by Crippen LogP contribution is -1.77. The van der Waals surface area contributed by atoms with E-state index in [1.54, 1.807) is 18.7 Å². The fraction of sp³-hybridized carbons (Fsp3) is 0.143. The molecule has 2 aromatic rings. The van der Waals surface area contributed by atoms with Crippen LogP contribution in [0.5, 0.6) is 0 Å². The van der Waals surface area contributed by atoms with Crippen molar-refractivity contribution in [3.05, 3.63) is 23.5 Å². The van der Waals surface area contributed by atoms with Crippen LogP contribution < -0.4 is 5.73 Å². The Labute approximate surface area is 83.2 Å². The Balaban J connectivity index is 1.93. The zero-order valence-electron chi connectivity index (χ0n) is 6.64. The van der Waals surface area contributed by atoms with Crippen LogP contribution in [-0.2, 0) is 5.75 Å². The van der Waals surface area contributed by atoms with Crippen LogP contribution in [0.15, 0.2) is 28.3 Å². The van der Waals surface area contributed by atoms with Crippen molar-refractivity contribution in [1.29, 1.82) is 0 Å². The minimum absolute atomic E-state index is 0.600. The molecule has 0 saturated carbocycles. The summed E-state index contributed by atoms with van der Waals surface area (Å²) in [7, 11) is 0. The Morgan fingerprint density at radius 2 is 2.46 bits per heavy atom. The molecule has 0 amide bonds. The predicted octanol–water partition coefficient (Wildman–Crippen LogP) is 2.01. The highest BCUT2D eigenvalue weighted by atomic mass is 32.2. The lowest BCUT2D eigenvalue weighted by atomic mass is 10.6. The zero-order valence-corrected chi connectivity index (χ0v) is 8.27. The summed E-state index contributed by atoms with van der Waals surface area (Å²) in [6.07, 6.45) is 4.96. The second-order valence-electron chi connectivity index (χ2n) is 2.25. The van der Waals surface area contributed by atoms with E-state index in [1.807, 2.05) is 0 Å². The van der Waals surface area contributed by atoms with Gasteiger partial charge in [0.2, 0.25) is 0 Å². The van der Waals surface area contributed by atoms with E-state index < -0.39 is 0 Å². The first-order chi connectivity index (χ1) is 6.34. The molecule has 0 saturated heterocycles. The minimum Gasteiger partial charge on any atom is -0.440 e. The SMILES string of the molecule is Nc1ncc(CSc2ncco2)s1.